The predicted molar refractivity (Wildman–Crippen MR) is 42.7 cm³/mol. The fourth-order valence-electron chi connectivity index (χ4n) is 0.786. The molecule has 0 saturated heterocycles. The number of hydrogen-bond donors (Lipinski definition) is 0. The number of rotatable bonds is 0. The molecule has 0 unspecified atom stereocenters. The monoisotopic (exact) mass is 246 g/mol. The maximum atomic E-state index is 3.21. The van der Waals surface area contributed by atoms with Gasteiger partial charge in [-0.15, -0.1) is 12.4 Å². The normalized spacial score (nSPS) is 16.0. The van der Waals surface area contributed by atoms with Crippen molar-refractivity contribution in [3.05, 3.63) is 24.3 Å². The van der Waals surface area contributed by atoms with E-state index in [9.17, 15) is 0 Å². The molecule has 0 aromatic carbocycles. The fourth-order valence-corrected chi connectivity index (χ4v) is 0.786. The van der Waals surface area contributed by atoms with Crippen molar-refractivity contribution in [3.8, 4) is 0 Å². The first kappa shape index (κ1) is 13.0. The summed E-state index contributed by atoms with van der Waals surface area (Å²) in [7, 11) is 0. The van der Waals surface area contributed by atoms with E-state index in [0.29, 0.717) is 0 Å². The second kappa shape index (κ2) is 9.39. The molecule has 0 fully saturated rings. The summed E-state index contributed by atoms with van der Waals surface area (Å²) in [5.74, 6) is 0. The molecule has 1 radical (unpaired) electrons. The van der Waals surface area contributed by atoms with E-state index in [-0.39, 0.29) is 31.9 Å². The third kappa shape index (κ3) is 6.51. The number of hydrogen-bond acceptors (Lipinski definition) is 0. The summed E-state index contributed by atoms with van der Waals surface area (Å²) in [6, 6.07) is 0. The molecule has 1 rings (SSSR count). The summed E-state index contributed by atoms with van der Waals surface area (Å²) >= 11 is 0. The molecule has 2 heteroatoms. The zero-order valence-corrected chi connectivity index (χ0v) is 8.26. The zero-order chi connectivity index (χ0) is 5.66. The van der Waals surface area contributed by atoms with Crippen LogP contribution in [0.2, 0.25) is 0 Å². The molecular weight excluding hydrogens is 234 g/mol. The summed E-state index contributed by atoms with van der Waals surface area (Å²) in [4.78, 5) is 0. The molecule has 0 amide bonds. The van der Waals surface area contributed by atoms with Crippen LogP contribution in [-0.4, -0.2) is 0 Å². The first-order valence-corrected chi connectivity index (χ1v) is 3.20. The molecule has 0 bridgehead atoms. The average molecular weight is 247 g/mol. The topological polar surface area (TPSA) is 0 Å². The van der Waals surface area contributed by atoms with Gasteiger partial charge in [0, 0.05) is 19.5 Å². The smallest absolute Gasteiger partial charge is 0 e. The van der Waals surface area contributed by atoms with Crippen LogP contribution in [0.3, 0.4) is 0 Å². The predicted octanol–water partition coefficient (Wildman–Crippen LogP) is 2.90. The van der Waals surface area contributed by atoms with Crippen molar-refractivity contribution < 1.29 is 19.5 Å². The van der Waals surface area contributed by atoms with Gasteiger partial charge in [-0.1, -0.05) is 25.0 Å². The molecule has 0 aromatic heterocycles. The van der Waals surface area contributed by atoms with Crippen LogP contribution in [0.5, 0.6) is 0 Å². The van der Waals surface area contributed by atoms with Gasteiger partial charge in [0.1, 0.15) is 0 Å². The van der Waals surface area contributed by atoms with Crippen molar-refractivity contribution in [1.29, 1.82) is 0 Å². The Morgan fingerprint density at radius 2 is 1.70 bits per heavy atom. The largest absolute Gasteiger partial charge is 0.500 e. The van der Waals surface area contributed by atoms with E-state index < -0.39 is 0 Å². The second-order valence-corrected chi connectivity index (χ2v) is 2.00. The average Bonchev–Trinajstić information content (AvgIpc) is 1.62. The Balaban J connectivity index is 0. The van der Waals surface area contributed by atoms with Gasteiger partial charge in [0.25, 0.3) is 0 Å². The number of allylic oxidation sites excluding steroid dienone is 4. The maximum Gasteiger partial charge on any atom is 0 e. The van der Waals surface area contributed by atoms with E-state index in [1.54, 1.807) is 0 Å². The molecule has 10 heavy (non-hydrogen) atoms. The third-order valence-electron chi connectivity index (χ3n) is 1.24. The van der Waals surface area contributed by atoms with E-state index in [4.69, 9.17) is 0 Å². The summed E-state index contributed by atoms with van der Waals surface area (Å²) in [5, 5.41) is 0. The first-order valence-electron chi connectivity index (χ1n) is 3.20. The molecule has 0 N–H and O–H groups in total. The SMILES string of the molecule is Cl.[C-]1=CCCC=CCC1.[Rh]. The Kier molecular flexibility index (Phi) is 12.2. The van der Waals surface area contributed by atoms with Crippen LogP contribution in [0.4, 0.5) is 0 Å². The summed E-state index contributed by atoms with van der Waals surface area (Å²) in [5.41, 5.74) is 0. The van der Waals surface area contributed by atoms with Crippen LogP contribution < -0.4 is 0 Å². The van der Waals surface area contributed by atoms with Gasteiger partial charge in [-0.2, -0.15) is 6.42 Å². The standard InChI is InChI=1S/C8H11.ClH.Rh/c1-2-4-6-8-7-5-3-1;;/h1-2,7H,3-6H2;1H;/q-1;;. The van der Waals surface area contributed by atoms with Crippen LogP contribution >= 0.6 is 12.4 Å². The fraction of sp³-hybridized carbons (Fsp3) is 0.500. The van der Waals surface area contributed by atoms with Crippen LogP contribution in [-0.2, 0) is 19.5 Å². The van der Waals surface area contributed by atoms with E-state index in [0.717, 1.165) is 6.42 Å². The Hall–Kier alpha value is 0.393. The first-order chi connectivity index (χ1) is 4.00. The van der Waals surface area contributed by atoms with Gasteiger partial charge >= 0.3 is 0 Å². The molecule has 0 atom stereocenters. The summed E-state index contributed by atoms with van der Waals surface area (Å²) in [6.45, 7) is 0. The Bertz CT molecular complexity index is 81.8. The summed E-state index contributed by atoms with van der Waals surface area (Å²) in [6.07, 6.45) is 14.5. The molecule has 1 aliphatic carbocycles. The molecule has 0 aromatic rings. The molecule has 1 aliphatic rings. The molecule has 61 valence electrons. The van der Waals surface area contributed by atoms with E-state index >= 15 is 0 Å². The minimum Gasteiger partial charge on any atom is -0.500 e. The Labute approximate surface area is 81.9 Å². The van der Waals surface area contributed by atoms with E-state index in [1.807, 2.05) is 0 Å². The molecule has 0 heterocycles. The van der Waals surface area contributed by atoms with Crippen LogP contribution in [0.1, 0.15) is 25.7 Å². The van der Waals surface area contributed by atoms with Gasteiger partial charge < -0.3 is 6.08 Å². The molecule has 0 spiro atoms. The Morgan fingerprint density at radius 1 is 1.00 bits per heavy atom. The van der Waals surface area contributed by atoms with Gasteiger partial charge in [-0.05, 0) is 6.42 Å². The quantitative estimate of drug-likeness (QED) is 0.350. The van der Waals surface area contributed by atoms with E-state index in [1.165, 1.54) is 19.3 Å². The third-order valence-corrected chi connectivity index (χ3v) is 1.24. The van der Waals surface area contributed by atoms with Crippen LogP contribution in [0, 0.1) is 6.08 Å². The van der Waals surface area contributed by atoms with Crippen molar-refractivity contribution in [1.82, 2.24) is 0 Å². The van der Waals surface area contributed by atoms with Crippen molar-refractivity contribution in [2.75, 3.05) is 0 Å². The van der Waals surface area contributed by atoms with Gasteiger partial charge in [-0.3, -0.25) is 6.08 Å². The minimum absolute atomic E-state index is 0. The molecule has 0 aliphatic heterocycles. The van der Waals surface area contributed by atoms with Gasteiger partial charge in [-0.25, -0.2) is 0 Å². The maximum absolute atomic E-state index is 3.21. The molecule has 0 saturated carbocycles. The van der Waals surface area contributed by atoms with Gasteiger partial charge in [0.2, 0.25) is 0 Å². The zero-order valence-electron chi connectivity index (χ0n) is 5.80. The van der Waals surface area contributed by atoms with Gasteiger partial charge in [0.05, 0.1) is 0 Å². The van der Waals surface area contributed by atoms with Crippen LogP contribution in [0.15, 0.2) is 18.2 Å². The molecular formula is C8H12ClRh-. The van der Waals surface area contributed by atoms with Crippen molar-refractivity contribution in [3.63, 3.8) is 0 Å². The Morgan fingerprint density at radius 3 is 2.50 bits per heavy atom. The van der Waals surface area contributed by atoms with Crippen molar-refractivity contribution in [2.24, 2.45) is 0 Å². The number of halogens is 1. The second-order valence-electron chi connectivity index (χ2n) is 2.00. The van der Waals surface area contributed by atoms with Crippen LogP contribution in [0.25, 0.3) is 0 Å². The van der Waals surface area contributed by atoms with Gasteiger partial charge in [0.15, 0.2) is 0 Å². The minimum atomic E-state index is 0. The van der Waals surface area contributed by atoms with E-state index in [2.05, 4.69) is 24.3 Å². The summed E-state index contributed by atoms with van der Waals surface area (Å²) < 4.78 is 0. The van der Waals surface area contributed by atoms with Crippen molar-refractivity contribution >= 4 is 12.4 Å². The van der Waals surface area contributed by atoms with Crippen molar-refractivity contribution in [2.45, 2.75) is 25.7 Å². The molecule has 0 nitrogen and oxygen atoms in total.